The summed E-state index contributed by atoms with van der Waals surface area (Å²) in [6, 6.07) is 4.59. The second-order valence-electron chi connectivity index (χ2n) is 6.96. The molecule has 5 heteroatoms. The van der Waals surface area contributed by atoms with E-state index in [0.717, 1.165) is 63.1 Å². The number of aliphatic hydroxyl groups excluding tert-OH is 1. The Bertz CT molecular complexity index is 525. The molecular weight excluding hydrogens is 309 g/mol. The van der Waals surface area contributed by atoms with Crippen LogP contribution in [-0.4, -0.2) is 55.1 Å². The third kappa shape index (κ3) is 4.76. The molecule has 1 atom stereocenters. The van der Waals surface area contributed by atoms with Crippen molar-refractivity contribution in [2.45, 2.75) is 50.9 Å². The van der Waals surface area contributed by atoms with E-state index in [-0.39, 0.29) is 5.82 Å². The summed E-state index contributed by atoms with van der Waals surface area (Å²) in [6.45, 7) is 5.93. The number of hydrogen-bond donors (Lipinski definition) is 1. The fraction of sp³-hybridized carbons (Fsp3) is 0.684. The van der Waals surface area contributed by atoms with Crippen molar-refractivity contribution < 1.29 is 19.0 Å². The van der Waals surface area contributed by atoms with Gasteiger partial charge >= 0.3 is 0 Å². The summed E-state index contributed by atoms with van der Waals surface area (Å²) in [6.07, 6.45) is 4.13. The minimum Gasteiger partial charge on any atom is -0.387 e. The first-order valence-electron chi connectivity index (χ1n) is 9.01. The average Bonchev–Trinajstić information content (AvgIpc) is 2.57. The molecule has 2 aliphatic heterocycles. The van der Waals surface area contributed by atoms with Crippen LogP contribution in [0.2, 0.25) is 0 Å². The minimum atomic E-state index is -0.571. The molecular formula is C19H28FNO3. The first-order valence-corrected chi connectivity index (χ1v) is 9.01. The molecule has 2 fully saturated rings. The third-order valence-corrected chi connectivity index (χ3v) is 5.11. The molecule has 134 valence electrons. The van der Waals surface area contributed by atoms with Crippen LogP contribution >= 0.6 is 0 Å². The van der Waals surface area contributed by atoms with Gasteiger partial charge in [-0.2, -0.15) is 0 Å². The smallest absolute Gasteiger partial charge is 0.123 e. The molecule has 2 aliphatic rings. The van der Waals surface area contributed by atoms with Crippen LogP contribution < -0.4 is 0 Å². The molecule has 0 spiro atoms. The molecule has 0 saturated carbocycles. The average molecular weight is 337 g/mol. The van der Waals surface area contributed by atoms with Crippen LogP contribution in [0.25, 0.3) is 0 Å². The molecule has 4 nitrogen and oxygen atoms in total. The number of β-amino-alcohol motifs (C(OH)–C–C–N with tert-alkyl or cyclic N) is 1. The maximum atomic E-state index is 13.2. The molecule has 3 rings (SSSR count). The lowest BCUT2D eigenvalue weighted by molar-refractivity contribution is -0.0864. The zero-order chi connectivity index (χ0) is 16.9. The van der Waals surface area contributed by atoms with Crippen molar-refractivity contribution >= 4 is 0 Å². The quantitative estimate of drug-likeness (QED) is 0.897. The fourth-order valence-electron chi connectivity index (χ4n) is 3.67. The van der Waals surface area contributed by atoms with E-state index in [1.54, 1.807) is 6.07 Å². The molecule has 1 aromatic rings. The van der Waals surface area contributed by atoms with Crippen LogP contribution in [0.4, 0.5) is 4.39 Å². The summed E-state index contributed by atoms with van der Waals surface area (Å²) in [5, 5.41) is 10.5. The predicted molar refractivity (Wildman–Crippen MR) is 90.5 cm³/mol. The number of rotatable bonds is 5. The third-order valence-electron chi connectivity index (χ3n) is 5.11. The van der Waals surface area contributed by atoms with E-state index in [4.69, 9.17) is 9.47 Å². The van der Waals surface area contributed by atoms with Gasteiger partial charge in [0.25, 0.3) is 0 Å². The highest BCUT2D eigenvalue weighted by Gasteiger charge is 2.25. The van der Waals surface area contributed by atoms with E-state index < -0.39 is 6.10 Å². The number of likely N-dealkylation sites (tertiary alicyclic amines) is 1. The van der Waals surface area contributed by atoms with E-state index in [2.05, 4.69) is 4.90 Å². The summed E-state index contributed by atoms with van der Waals surface area (Å²) in [5.41, 5.74) is 1.62. The number of hydrogen-bond acceptors (Lipinski definition) is 4. The van der Waals surface area contributed by atoms with Gasteiger partial charge in [0.05, 0.1) is 18.3 Å². The predicted octanol–water partition coefficient (Wildman–Crippen LogP) is 2.83. The second-order valence-corrected chi connectivity index (χ2v) is 6.96. The highest BCUT2D eigenvalue weighted by molar-refractivity contribution is 5.28. The first-order chi connectivity index (χ1) is 11.6. The SMILES string of the molecule is Cc1cc(F)ccc1C(O)CN1CCC(OC2CCOCC2)CC1. The maximum Gasteiger partial charge on any atom is 0.123 e. The van der Waals surface area contributed by atoms with E-state index in [1.807, 2.05) is 6.92 Å². The Kier molecular flexibility index (Phi) is 6.22. The Morgan fingerprint density at radius 3 is 2.54 bits per heavy atom. The standard InChI is InChI=1S/C19H28FNO3/c1-14-12-15(20)2-3-18(14)19(22)13-21-8-4-16(5-9-21)24-17-6-10-23-11-7-17/h2-3,12,16-17,19,22H,4-11,13H2,1H3. The highest BCUT2D eigenvalue weighted by Crippen LogP contribution is 2.23. The molecule has 2 saturated heterocycles. The van der Waals surface area contributed by atoms with Gasteiger partial charge in [-0.1, -0.05) is 6.07 Å². The van der Waals surface area contributed by atoms with Gasteiger partial charge in [0.2, 0.25) is 0 Å². The van der Waals surface area contributed by atoms with E-state index in [1.165, 1.54) is 12.1 Å². The van der Waals surface area contributed by atoms with Crippen molar-refractivity contribution in [1.29, 1.82) is 0 Å². The minimum absolute atomic E-state index is 0.255. The van der Waals surface area contributed by atoms with Crippen molar-refractivity contribution in [2.75, 3.05) is 32.8 Å². The number of benzene rings is 1. The topological polar surface area (TPSA) is 41.9 Å². The van der Waals surface area contributed by atoms with Crippen molar-refractivity contribution in [3.63, 3.8) is 0 Å². The van der Waals surface area contributed by atoms with Crippen LogP contribution in [0.5, 0.6) is 0 Å². The lowest BCUT2D eigenvalue weighted by atomic mass is 10.0. The van der Waals surface area contributed by atoms with Gasteiger partial charge in [-0.05, 0) is 55.9 Å². The van der Waals surface area contributed by atoms with E-state index >= 15 is 0 Å². The van der Waals surface area contributed by atoms with Crippen molar-refractivity contribution in [3.8, 4) is 0 Å². The highest BCUT2D eigenvalue weighted by atomic mass is 19.1. The van der Waals surface area contributed by atoms with Crippen molar-refractivity contribution in [2.24, 2.45) is 0 Å². The van der Waals surface area contributed by atoms with E-state index in [0.29, 0.717) is 18.8 Å². The maximum absolute atomic E-state index is 13.2. The largest absolute Gasteiger partial charge is 0.387 e. The molecule has 1 unspecified atom stereocenters. The summed E-state index contributed by atoms with van der Waals surface area (Å²) >= 11 is 0. The Morgan fingerprint density at radius 1 is 1.21 bits per heavy atom. The van der Waals surface area contributed by atoms with Crippen LogP contribution in [0.1, 0.15) is 42.9 Å². The lowest BCUT2D eigenvalue weighted by Crippen LogP contribution is -2.41. The van der Waals surface area contributed by atoms with E-state index in [9.17, 15) is 9.50 Å². The van der Waals surface area contributed by atoms with Gasteiger partial charge in [0, 0.05) is 32.8 Å². The Hall–Kier alpha value is -1.01. The lowest BCUT2D eigenvalue weighted by Gasteiger charge is -2.35. The molecule has 0 aliphatic carbocycles. The zero-order valence-corrected chi connectivity index (χ0v) is 14.4. The molecule has 2 heterocycles. The Morgan fingerprint density at radius 2 is 1.88 bits per heavy atom. The van der Waals surface area contributed by atoms with Crippen LogP contribution in [-0.2, 0) is 9.47 Å². The van der Waals surface area contributed by atoms with Gasteiger partial charge in [0.1, 0.15) is 5.82 Å². The summed E-state index contributed by atoms with van der Waals surface area (Å²) in [4.78, 5) is 2.28. The van der Waals surface area contributed by atoms with Crippen molar-refractivity contribution in [3.05, 3.63) is 35.1 Å². The number of ether oxygens (including phenoxy) is 2. The fourth-order valence-corrected chi connectivity index (χ4v) is 3.67. The number of aliphatic hydroxyl groups is 1. The molecule has 24 heavy (non-hydrogen) atoms. The molecule has 1 N–H and O–H groups in total. The number of halogens is 1. The number of piperidine rings is 1. The van der Waals surface area contributed by atoms with Gasteiger partial charge in [-0.15, -0.1) is 0 Å². The summed E-state index contributed by atoms with van der Waals surface area (Å²) in [5.74, 6) is -0.255. The van der Waals surface area contributed by atoms with Crippen LogP contribution in [0.3, 0.4) is 0 Å². The number of aryl methyl sites for hydroxylation is 1. The van der Waals surface area contributed by atoms with Gasteiger partial charge in [-0.3, -0.25) is 0 Å². The van der Waals surface area contributed by atoms with Gasteiger partial charge in [0.15, 0.2) is 0 Å². The first kappa shape index (κ1) is 17.8. The van der Waals surface area contributed by atoms with Gasteiger partial charge < -0.3 is 19.5 Å². The Balaban J connectivity index is 1.44. The van der Waals surface area contributed by atoms with Crippen LogP contribution in [0.15, 0.2) is 18.2 Å². The Labute approximate surface area is 143 Å². The summed E-state index contributed by atoms with van der Waals surface area (Å²) in [7, 11) is 0. The zero-order valence-electron chi connectivity index (χ0n) is 14.4. The van der Waals surface area contributed by atoms with Gasteiger partial charge in [-0.25, -0.2) is 4.39 Å². The molecule has 1 aromatic carbocycles. The monoisotopic (exact) mass is 337 g/mol. The normalized spacial score (nSPS) is 22.6. The summed E-state index contributed by atoms with van der Waals surface area (Å²) < 4.78 is 24.8. The van der Waals surface area contributed by atoms with Crippen molar-refractivity contribution in [1.82, 2.24) is 4.90 Å². The second kappa shape index (κ2) is 8.39. The number of nitrogens with zero attached hydrogens (tertiary/aromatic N) is 1. The molecule has 0 aromatic heterocycles. The molecule has 0 bridgehead atoms. The van der Waals surface area contributed by atoms with Crippen LogP contribution in [0, 0.1) is 12.7 Å². The molecule has 0 radical (unpaired) electrons. The molecule has 0 amide bonds.